The van der Waals surface area contributed by atoms with Crippen LogP contribution in [0.25, 0.3) is 10.9 Å². The molecule has 1 atom stereocenters. The van der Waals surface area contributed by atoms with Gasteiger partial charge in [0.1, 0.15) is 11.5 Å². The van der Waals surface area contributed by atoms with Crippen LogP contribution in [0.4, 0.5) is 11.8 Å². The first-order chi connectivity index (χ1) is 26.5. The average Bonchev–Trinajstić information content (AvgIpc) is 3.67. The molecule has 0 bridgehead atoms. The number of likely N-dealkylation sites (tertiary alicyclic amines) is 1. The van der Waals surface area contributed by atoms with Gasteiger partial charge in [-0.2, -0.15) is 4.98 Å². The van der Waals surface area contributed by atoms with E-state index in [1.165, 1.54) is 32.1 Å². The maximum Gasteiger partial charge on any atom is 0.237 e. The Morgan fingerprint density at radius 2 is 1.63 bits per heavy atom. The molecule has 2 amide bonds. The van der Waals surface area contributed by atoms with E-state index in [9.17, 15) is 9.59 Å². The molecule has 3 heterocycles. The normalized spacial score (nSPS) is 16.0. The summed E-state index contributed by atoms with van der Waals surface area (Å²) in [5, 5.41) is 26.7. The van der Waals surface area contributed by atoms with Crippen LogP contribution in [0.1, 0.15) is 81.9 Å². The SMILES string of the molecule is N[C@H](CCC(=O)N1CCC(Nc2nc(NCc3cn(CCCNCCCNC4CCCCC4)nn3)nc3ccccc23)CC1)C(=O)NCc1ccccc1. The molecule has 2 fully saturated rings. The van der Waals surface area contributed by atoms with E-state index in [1.54, 1.807) is 0 Å². The number of piperidine rings is 1. The maximum atomic E-state index is 13.0. The molecule has 2 aliphatic rings. The molecule has 6 rings (SSSR count). The van der Waals surface area contributed by atoms with Crippen LogP contribution in [-0.2, 0) is 29.2 Å². The Morgan fingerprint density at radius 1 is 0.852 bits per heavy atom. The van der Waals surface area contributed by atoms with Crippen molar-refractivity contribution in [2.75, 3.05) is 43.4 Å². The zero-order valence-electron chi connectivity index (χ0n) is 31.5. The van der Waals surface area contributed by atoms with Crippen molar-refractivity contribution in [1.29, 1.82) is 0 Å². The molecule has 54 heavy (non-hydrogen) atoms. The standard InChI is InChI=1S/C40H58N12O2/c41-35(39(54)44-27-30-11-3-1-4-12-30)17-18-37(53)51-25-19-32(20-26-51)46-38-34-15-7-8-16-36(34)47-40(48-38)45-28-33-29-52(50-49-33)24-10-22-42-21-9-23-43-31-13-5-2-6-14-31/h1,3-4,7-8,11-12,15-16,29,31-32,35,42-43H,2,5-6,9-10,13-14,17-28,41H2,(H,44,54)(H2,45,46,47,48)/t35-/m1/s1. The summed E-state index contributed by atoms with van der Waals surface area (Å²) < 4.78 is 1.90. The summed E-state index contributed by atoms with van der Waals surface area (Å²) in [4.78, 5) is 37.0. The van der Waals surface area contributed by atoms with Gasteiger partial charge in [-0.1, -0.05) is 66.9 Å². The van der Waals surface area contributed by atoms with E-state index in [1.807, 2.05) is 70.4 Å². The molecular weight excluding hydrogens is 681 g/mol. The molecule has 1 aliphatic carbocycles. The summed E-state index contributed by atoms with van der Waals surface area (Å²) in [6, 6.07) is 17.8. The van der Waals surface area contributed by atoms with Crippen molar-refractivity contribution in [3.8, 4) is 0 Å². The number of aromatic nitrogens is 5. The Morgan fingerprint density at radius 3 is 2.46 bits per heavy atom. The van der Waals surface area contributed by atoms with E-state index in [4.69, 9.17) is 15.7 Å². The molecule has 0 radical (unpaired) electrons. The number of benzene rings is 2. The third-order valence-electron chi connectivity index (χ3n) is 10.4. The Bertz CT molecular complexity index is 1740. The number of anilines is 2. The molecule has 14 nitrogen and oxygen atoms in total. The first-order valence-electron chi connectivity index (χ1n) is 20.0. The Balaban J connectivity index is 0.896. The zero-order valence-corrected chi connectivity index (χ0v) is 31.5. The number of nitrogens with zero attached hydrogens (tertiary/aromatic N) is 6. The van der Waals surface area contributed by atoms with Gasteiger partial charge in [-0.25, -0.2) is 4.98 Å². The van der Waals surface area contributed by atoms with Crippen molar-refractivity contribution in [2.24, 2.45) is 5.73 Å². The molecule has 2 aromatic carbocycles. The van der Waals surface area contributed by atoms with Gasteiger partial charge in [0.2, 0.25) is 17.8 Å². The minimum Gasteiger partial charge on any atom is -0.367 e. The summed E-state index contributed by atoms with van der Waals surface area (Å²) in [5.74, 6) is 1.07. The van der Waals surface area contributed by atoms with Gasteiger partial charge in [-0.15, -0.1) is 5.10 Å². The predicted octanol–water partition coefficient (Wildman–Crippen LogP) is 3.95. The lowest BCUT2D eigenvalue weighted by atomic mass is 9.95. The monoisotopic (exact) mass is 738 g/mol. The summed E-state index contributed by atoms with van der Waals surface area (Å²) in [6.07, 6.45) is 13.1. The van der Waals surface area contributed by atoms with Gasteiger partial charge in [-0.3, -0.25) is 14.3 Å². The molecule has 0 unspecified atom stereocenters. The fraction of sp³-hybridized carbons (Fsp3) is 0.550. The largest absolute Gasteiger partial charge is 0.367 e. The third-order valence-corrected chi connectivity index (χ3v) is 10.4. The van der Waals surface area contributed by atoms with E-state index >= 15 is 0 Å². The topological polar surface area (TPSA) is 180 Å². The van der Waals surface area contributed by atoms with Gasteiger partial charge >= 0.3 is 0 Å². The summed E-state index contributed by atoms with van der Waals surface area (Å²) >= 11 is 0. The van der Waals surface area contributed by atoms with Crippen LogP contribution in [0.15, 0.2) is 60.8 Å². The number of carbonyl (C=O) groups is 2. The summed E-state index contributed by atoms with van der Waals surface area (Å²) in [7, 11) is 0. The van der Waals surface area contributed by atoms with Crippen LogP contribution < -0.4 is 32.3 Å². The highest BCUT2D eigenvalue weighted by molar-refractivity contribution is 5.90. The number of aryl methyl sites for hydroxylation is 1. The summed E-state index contributed by atoms with van der Waals surface area (Å²) in [6.45, 7) is 6.02. The predicted molar refractivity (Wildman–Crippen MR) is 213 cm³/mol. The number of hydrogen-bond donors (Lipinski definition) is 6. The molecule has 0 spiro atoms. The number of amides is 2. The molecule has 1 saturated heterocycles. The smallest absolute Gasteiger partial charge is 0.237 e. The molecular formula is C40H58N12O2. The first kappa shape index (κ1) is 39.0. The van der Waals surface area contributed by atoms with Crippen LogP contribution in [0.2, 0.25) is 0 Å². The fourth-order valence-corrected chi connectivity index (χ4v) is 7.23. The van der Waals surface area contributed by atoms with Crippen molar-refractivity contribution < 1.29 is 9.59 Å². The van der Waals surface area contributed by atoms with E-state index < -0.39 is 6.04 Å². The highest BCUT2D eigenvalue weighted by Crippen LogP contribution is 2.25. The van der Waals surface area contributed by atoms with E-state index in [-0.39, 0.29) is 24.3 Å². The van der Waals surface area contributed by atoms with Gasteiger partial charge in [0.15, 0.2) is 0 Å². The number of para-hydroxylation sites is 1. The van der Waals surface area contributed by atoms with Crippen LogP contribution in [0.5, 0.6) is 0 Å². The van der Waals surface area contributed by atoms with Crippen molar-refractivity contribution in [1.82, 2.24) is 45.8 Å². The van der Waals surface area contributed by atoms with E-state index in [2.05, 4.69) is 36.9 Å². The molecule has 4 aromatic rings. The third kappa shape index (κ3) is 12.2. The Labute approximate surface area is 318 Å². The first-order valence-corrected chi connectivity index (χ1v) is 20.0. The molecule has 14 heteroatoms. The molecule has 290 valence electrons. The highest BCUT2D eigenvalue weighted by Gasteiger charge is 2.25. The van der Waals surface area contributed by atoms with Crippen molar-refractivity contribution in [3.63, 3.8) is 0 Å². The van der Waals surface area contributed by atoms with Crippen molar-refractivity contribution >= 4 is 34.5 Å². The summed E-state index contributed by atoms with van der Waals surface area (Å²) in [5.41, 5.74) is 8.79. The molecule has 1 saturated carbocycles. The number of rotatable bonds is 20. The van der Waals surface area contributed by atoms with Crippen molar-refractivity contribution in [3.05, 3.63) is 72.1 Å². The van der Waals surface area contributed by atoms with E-state index in [0.717, 1.165) is 85.9 Å². The van der Waals surface area contributed by atoms with Gasteiger partial charge in [-0.05, 0) is 82.3 Å². The zero-order chi connectivity index (χ0) is 37.4. The van der Waals surface area contributed by atoms with Gasteiger partial charge in [0.25, 0.3) is 0 Å². The number of hydrogen-bond acceptors (Lipinski definition) is 11. The quantitative estimate of drug-likeness (QED) is 0.0724. The Kier molecular flexibility index (Phi) is 15.0. The number of nitrogens with two attached hydrogens (primary N) is 1. The Hall–Kier alpha value is -4.66. The van der Waals surface area contributed by atoms with Gasteiger partial charge in [0.05, 0.1) is 24.3 Å². The maximum absolute atomic E-state index is 13.0. The van der Waals surface area contributed by atoms with Gasteiger partial charge < -0.3 is 37.2 Å². The van der Waals surface area contributed by atoms with Crippen LogP contribution in [0, 0.1) is 0 Å². The van der Waals surface area contributed by atoms with Crippen LogP contribution in [-0.4, -0.2) is 92.5 Å². The average molecular weight is 739 g/mol. The van der Waals surface area contributed by atoms with Crippen molar-refractivity contribution in [2.45, 2.75) is 108 Å². The van der Waals surface area contributed by atoms with E-state index in [0.29, 0.717) is 38.5 Å². The lowest BCUT2D eigenvalue weighted by Crippen LogP contribution is -2.44. The number of fused-ring (bicyclic) bond motifs is 1. The molecule has 1 aliphatic heterocycles. The minimum atomic E-state index is -0.724. The second kappa shape index (κ2) is 20.7. The fourth-order valence-electron chi connectivity index (χ4n) is 7.23. The van der Waals surface area contributed by atoms with Crippen LogP contribution in [0.3, 0.4) is 0 Å². The van der Waals surface area contributed by atoms with Gasteiger partial charge in [0, 0.05) is 50.1 Å². The lowest BCUT2D eigenvalue weighted by molar-refractivity contribution is -0.132. The van der Waals surface area contributed by atoms with Crippen LogP contribution >= 0.6 is 0 Å². The second-order valence-corrected chi connectivity index (χ2v) is 14.6. The lowest BCUT2D eigenvalue weighted by Gasteiger charge is -2.33. The highest BCUT2D eigenvalue weighted by atomic mass is 16.2. The number of nitrogens with one attached hydrogen (secondary N) is 5. The second-order valence-electron chi connectivity index (χ2n) is 14.6. The molecule has 2 aromatic heterocycles. The number of carbonyl (C=O) groups excluding carboxylic acids is 2. The molecule has 7 N–H and O–H groups in total. The minimum absolute atomic E-state index is 0.0281.